The van der Waals surface area contributed by atoms with Crippen LogP contribution in [-0.2, 0) is 0 Å². The van der Waals surface area contributed by atoms with E-state index in [9.17, 15) is 0 Å². The Bertz CT molecular complexity index is 390. The third-order valence-corrected chi connectivity index (χ3v) is 5.70. The third kappa shape index (κ3) is 12.7. The second-order valence-corrected chi connectivity index (χ2v) is 8.00. The molecule has 0 N–H and O–H groups in total. The molecule has 3 heteroatoms. The van der Waals surface area contributed by atoms with Crippen LogP contribution in [0.1, 0.15) is 117 Å². The predicted octanol–water partition coefficient (Wildman–Crippen LogP) is 4.14. The Morgan fingerprint density at radius 2 is 1.33 bits per heavy atom. The summed E-state index contributed by atoms with van der Waals surface area (Å²) in [6.07, 6.45) is 25.5. The molecule has 0 radical (unpaired) electrons. The molecule has 0 aromatic rings. The van der Waals surface area contributed by atoms with E-state index in [1.807, 2.05) is 0 Å². The summed E-state index contributed by atoms with van der Waals surface area (Å²) in [5, 5.41) is 0. The summed E-state index contributed by atoms with van der Waals surface area (Å²) in [5.74, 6) is 1.58. The van der Waals surface area contributed by atoms with Crippen LogP contribution < -0.4 is 17.0 Å². The summed E-state index contributed by atoms with van der Waals surface area (Å²) in [7, 11) is 0. The Kier molecular flexibility index (Phi) is 18.8. The summed E-state index contributed by atoms with van der Waals surface area (Å²) < 4.78 is 2.59. The van der Waals surface area contributed by atoms with Crippen molar-refractivity contribution in [2.24, 2.45) is 0 Å². The van der Waals surface area contributed by atoms with Crippen molar-refractivity contribution in [3.8, 4) is 0 Å². The molecule has 0 saturated heterocycles. The Morgan fingerprint density at radius 1 is 0.778 bits per heavy atom. The van der Waals surface area contributed by atoms with Crippen LogP contribution in [0.25, 0.3) is 0 Å². The lowest BCUT2D eigenvalue weighted by Crippen LogP contribution is -3.00. The fourth-order valence-corrected chi connectivity index (χ4v) is 3.96. The second kappa shape index (κ2) is 19.0. The predicted molar refractivity (Wildman–Crippen MR) is 117 cm³/mol. The monoisotopic (exact) mass is 442 g/mol. The van der Waals surface area contributed by atoms with Gasteiger partial charge in [0, 0.05) is 6.42 Å². The van der Waals surface area contributed by atoms with Gasteiger partial charge in [-0.1, -0.05) is 84.5 Å². The molecule has 0 unspecified atom stereocenters. The fraction of sp³-hybridized carbons (Fsp3) is 0.875. The van der Waals surface area contributed by atoms with Gasteiger partial charge in [-0.05, 0) is 32.3 Å². The van der Waals surface area contributed by atoms with E-state index in [2.05, 4.69) is 42.5 Å². The first-order chi connectivity index (χ1) is 12.8. The van der Waals surface area contributed by atoms with Crippen LogP contribution >= 0.6 is 0 Å². The van der Waals surface area contributed by atoms with Gasteiger partial charge < -0.3 is 17.0 Å². The van der Waals surface area contributed by atoms with Crippen molar-refractivity contribution in [1.82, 2.24) is 4.90 Å². The molecule has 1 heterocycles. The van der Waals surface area contributed by atoms with Crippen LogP contribution in [0.2, 0.25) is 0 Å². The molecule has 0 saturated carbocycles. The highest BCUT2D eigenvalue weighted by molar-refractivity contribution is 5.79. The van der Waals surface area contributed by atoms with Crippen LogP contribution in [0.15, 0.2) is 12.3 Å². The molecule has 0 amide bonds. The van der Waals surface area contributed by atoms with Crippen LogP contribution in [-0.4, -0.2) is 34.9 Å². The molecule has 160 valence electrons. The highest BCUT2D eigenvalue weighted by Crippen LogP contribution is 2.14. The van der Waals surface area contributed by atoms with E-state index < -0.39 is 0 Å². The summed E-state index contributed by atoms with van der Waals surface area (Å²) in [6.45, 7) is 10.4. The first-order valence-corrected chi connectivity index (χ1v) is 11.9. The molecule has 0 spiro atoms. The maximum Gasteiger partial charge on any atom is 0.251 e. The van der Waals surface area contributed by atoms with Crippen molar-refractivity contribution < 1.29 is 21.6 Å². The molecular weight excluding hydrogens is 396 g/mol. The van der Waals surface area contributed by atoms with Gasteiger partial charge in [-0.2, -0.15) is 0 Å². The molecule has 0 aliphatic carbocycles. The van der Waals surface area contributed by atoms with E-state index >= 15 is 0 Å². The molecule has 0 aromatic carbocycles. The minimum atomic E-state index is 0. The molecule has 0 bridgehead atoms. The largest absolute Gasteiger partial charge is 1.00 e. The first-order valence-electron chi connectivity index (χ1n) is 11.9. The van der Waals surface area contributed by atoms with E-state index in [0.717, 1.165) is 6.54 Å². The zero-order valence-corrected chi connectivity index (χ0v) is 20.2. The van der Waals surface area contributed by atoms with E-state index in [4.69, 9.17) is 0 Å². The van der Waals surface area contributed by atoms with E-state index in [0.29, 0.717) is 0 Å². The van der Waals surface area contributed by atoms with Gasteiger partial charge in [0.1, 0.15) is 13.1 Å². The zero-order chi connectivity index (χ0) is 18.9. The molecular formula is C24H47BrN2. The quantitative estimate of drug-likeness (QED) is 0.242. The Hall–Kier alpha value is -0.310. The van der Waals surface area contributed by atoms with Gasteiger partial charge in [0.05, 0.1) is 12.7 Å². The molecule has 1 rings (SSSR count). The van der Waals surface area contributed by atoms with Gasteiger partial charge in [-0.25, -0.2) is 4.90 Å². The van der Waals surface area contributed by atoms with Crippen LogP contribution in [0.5, 0.6) is 0 Å². The molecule has 0 atom stereocenters. The van der Waals surface area contributed by atoms with Gasteiger partial charge in [0.15, 0.2) is 0 Å². The van der Waals surface area contributed by atoms with Crippen molar-refractivity contribution in [2.75, 3.05) is 19.6 Å². The number of halogens is 1. The SMILES string of the molecule is CCCCCCCCCC=CN1CC[N+](CC)=C1CCCCCCCC.[Br-]. The molecule has 0 fully saturated rings. The van der Waals surface area contributed by atoms with Gasteiger partial charge >= 0.3 is 0 Å². The maximum absolute atomic E-state index is 2.59. The van der Waals surface area contributed by atoms with Gasteiger partial charge in [0.2, 0.25) is 0 Å². The summed E-state index contributed by atoms with van der Waals surface area (Å²) >= 11 is 0. The van der Waals surface area contributed by atoms with Crippen molar-refractivity contribution in [3.05, 3.63) is 12.3 Å². The van der Waals surface area contributed by atoms with Gasteiger partial charge in [-0.3, -0.25) is 4.58 Å². The highest BCUT2D eigenvalue weighted by atomic mass is 79.9. The molecule has 1 aliphatic heterocycles. The smallest absolute Gasteiger partial charge is 0.251 e. The average Bonchev–Trinajstić information content (AvgIpc) is 3.05. The number of allylic oxidation sites excluding steroid dienone is 1. The second-order valence-electron chi connectivity index (χ2n) is 8.00. The summed E-state index contributed by atoms with van der Waals surface area (Å²) in [5.41, 5.74) is 0. The number of nitrogens with zero attached hydrogens (tertiary/aromatic N) is 2. The highest BCUT2D eigenvalue weighted by Gasteiger charge is 2.26. The summed E-state index contributed by atoms with van der Waals surface area (Å²) in [6, 6.07) is 0. The van der Waals surface area contributed by atoms with Crippen molar-refractivity contribution in [2.45, 2.75) is 117 Å². The maximum atomic E-state index is 2.59. The van der Waals surface area contributed by atoms with E-state index in [1.54, 1.807) is 5.84 Å². The van der Waals surface area contributed by atoms with E-state index in [1.165, 1.54) is 109 Å². The standard InChI is InChI=1S/C24H47N2.BrH/c1-4-7-9-11-13-14-15-17-19-21-26-23-22-25(6-3)24(26)20-18-16-12-10-8-5-2;/h19,21H,4-18,20,22-23H2,1-3H3;1H/q+1;/p-1. The third-order valence-electron chi connectivity index (χ3n) is 5.70. The lowest BCUT2D eigenvalue weighted by molar-refractivity contribution is -0.515. The van der Waals surface area contributed by atoms with Crippen molar-refractivity contribution in [3.63, 3.8) is 0 Å². The molecule has 0 aromatic heterocycles. The van der Waals surface area contributed by atoms with Crippen LogP contribution in [0.4, 0.5) is 0 Å². The topological polar surface area (TPSA) is 6.25 Å². The fourth-order valence-electron chi connectivity index (χ4n) is 3.96. The molecule has 27 heavy (non-hydrogen) atoms. The number of unbranched alkanes of at least 4 members (excludes halogenated alkanes) is 12. The summed E-state index contributed by atoms with van der Waals surface area (Å²) in [4.78, 5) is 2.54. The number of rotatable bonds is 17. The van der Waals surface area contributed by atoms with Crippen LogP contribution in [0.3, 0.4) is 0 Å². The number of hydrogen-bond acceptors (Lipinski definition) is 1. The molecule has 2 nitrogen and oxygen atoms in total. The van der Waals surface area contributed by atoms with Crippen LogP contribution in [0, 0.1) is 0 Å². The minimum Gasteiger partial charge on any atom is -1.00 e. The lowest BCUT2D eigenvalue weighted by atomic mass is 10.1. The first kappa shape index (κ1) is 26.7. The Balaban J connectivity index is 0.00000676. The number of hydrogen-bond donors (Lipinski definition) is 0. The molecule has 1 aliphatic rings. The van der Waals surface area contributed by atoms with Gasteiger partial charge in [-0.15, -0.1) is 0 Å². The lowest BCUT2D eigenvalue weighted by Gasteiger charge is -2.09. The van der Waals surface area contributed by atoms with Crippen molar-refractivity contribution in [1.29, 1.82) is 0 Å². The minimum absolute atomic E-state index is 0. The van der Waals surface area contributed by atoms with Crippen molar-refractivity contribution >= 4 is 5.84 Å². The Labute approximate surface area is 181 Å². The van der Waals surface area contributed by atoms with E-state index in [-0.39, 0.29) is 17.0 Å². The zero-order valence-electron chi connectivity index (χ0n) is 18.7. The van der Waals surface area contributed by atoms with Gasteiger partial charge in [0.25, 0.3) is 5.84 Å². The number of amidine groups is 1. The average molecular weight is 444 g/mol. The number of likely N-dealkylation sites (N-methyl/N-ethyl adjacent to an activating group) is 1. The normalized spacial score (nSPS) is 14.4. The Morgan fingerprint density at radius 3 is 1.93 bits per heavy atom.